The van der Waals surface area contributed by atoms with Gasteiger partial charge in [-0.1, -0.05) is 11.6 Å². The van der Waals surface area contributed by atoms with Crippen molar-refractivity contribution in [2.75, 3.05) is 0 Å². The number of nitrogens with zero attached hydrogens (tertiary/aromatic N) is 1. The normalized spacial score (nSPS) is 12.2. The molecule has 0 aromatic carbocycles. The smallest absolute Gasteiger partial charge is 0.266 e. The Kier molecular flexibility index (Phi) is 4.24. The van der Waals surface area contributed by atoms with Gasteiger partial charge in [-0.15, -0.1) is 0 Å². The van der Waals surface area contributed by atoms with E-state index in [-0.39, 0.29) is 17.0 Å². The van der Waals surface area contributed by atoms with Crippen molar-refractivity contribution in [2.45, 2.75) is 26.3 Å². The molecule has 0 saturated heterocycles. The van der Waals surface area contributed by atoms with Crippen molar-refractivity contribution in [2.24, 2.45) is 0 Å². The first kappa shape index (κ1) is 14.3. The van der Waals surface area contributed by atoms with Crippen molar-refractivity contribution in [3.05, 3.63) is 50.7 Å². The first-order chi connectivity index (χ1) is 9.45. The predicted octanol–water partition coefficient (Wildman–Crippen LogP) is 1.42. The minimum atomic E-state index is -0.414. The van der Waals surface area contributed by atoms with Crippen LogP contribution in [0, 0.1) is 6.92 Å². The summed E-state index contributed by atoms with van der Waals surface area (Å²) in [4.78, 5) is 25.5. The first-order valence-corrected chi connectivity index (χ1v) is 6.53. The summed E-state index contributed by atoms with van der Waals surface area (Å²) in [6, 6.07) is 3.19. The van der Waals surface area contributed by atoms with Crippen molar-refractivity contribution in [1.82, 2.24) is 20.5 Å². The van der Waals surface area contributed by atoms with Crippen LogP contribution in [-0.2, 0) is 6.42 Å². The topological polar surface area (TPSA) is 90.6 Å². The minimum Gasteiger partial charge on any atom is -0.349 e. The van der Waals surface area contributed by atoms with E-state index in [4.69, 9.17) is 11.6 Å². The summed E-state index contributed by atoms with van der Waals surface area (Å²) in [6.45, 7) is 3.80. The Balaban J connectivity index is 1.99. The van der Waals surface area contributed by atoms with E-state index in [2.05, 4.69) is 20.5 Å². The molecule has 2 heterocycles. The van der Waals surface area contributed by atoms with Crippen molar-refractivity contribution in [3.63, 3.8) is 0 Å². The summed E-state index contributed by atoms with van der Waals surface area (Å²) in [6.07, 6.45) is 1.96. The van der Waals surface area contributed by atoms with E-state index < -0.39 is 5.56 Å². The lowest BCUT2D eigenvalue weighted by Crippen LogP contribution is -2.34. The Morgan fingerprint density at radius 1 is 1.50 bits per heavy atom. The van der Waals surface area contributed by atoms with E-state index >= 15 is 0 Å². The van der Waals surface area contributed by atoms with Crippen LogP contribution in [0.5, 0.6) is 0 Å². The molecule has 0 spiro atoms. The van der Waals surface area contributed by atoms with E-state index in [9.17, 15) is 9.59 Å². The van der Waals surface area contributed by atoms with Gasteiger partial charge in [0.25, 0.3) is 11.5 Å². The van der Waals surface area contributed by atoms with E-state index in [1.807, 2.05) is 19.9 Å². The number of aromatic amines is 2. The monoisotopic (exact) mass is 294 g/mol. The highest BCUT2D eigenvalue weighted by molar-refractivity contribution is 6.30. The van der Waals surface area contributed by atoms with Crippen molar-refractivity contribution >= 4 is 17.5 Å². The lowest BCUT2D eigenvalue weighted by Gasteiger charge is -2.12. The van der Waals surface area contributed by atoms with Crippen molar-refractivity contribution in [1.29, 1.82) is 0 Å². The largest absolute Gasteiger partial charge is 0.349 e. The van der Waals surface area contributed by atoms with E-state index in [1.165, 1.54) is 12.3 Å². The van der Waals surface area contributed by atoms with Crippen LogP contribution in [0.3, 0.4) is 0 Å². The zero-order chi connectivity index (χ0) is 14.7. The molecule has 0 fully saturated rings. The van der Waals surface area contributed by atoms with Crippen LogP contribution >= 0.6 is 11.6 Å². The Labute approximate surface area is 120 Å². The number of amides is 1. The molecule has 0 aliphatic rings. The van der Waals surface area contributed by atoms with Gasteiger partial charge in [0, 0.05) is 24.4 Å². The third kappa shape index (κ3) is 3.48. The van der Waals surface area contributed by atoms with E-state index in [0.717, 1.165) is 11.4 Å². The number of carbonyl (C=O) groups excluding carboxylic acids is 1. The molecular formula is C13H15ClN4O2. The van der Waals surface area contributed by atoms with Gasteiger partial charge in [0.1, 0.15) is 5.02 Å². The number of nitrogens with one attached hydrogen (secondary N) is 3. The number of aromatic nitrogens is 3. The molecule has 7 heteroatoms. The van der Waals surface area contributed by atoms with Gasteiger partial charge < -0.3 is 10.3 Å². The average molecular weight is 295 g/mol. The Hall–Kier alpha value is -2.08. The van der Waals surface area contributed by atoms with Crippen LogP contribution < -0.4 is 10.9 Å². The van der Waals surface area contributed by atoms with Crippen LogP contribution in [0.15, 0.2) is 23.1 Å². The highest BCUT2D eigenvalue weighted by atomic mass is 35.5. The second-order valence-electron chi connectivity index (χ2n) is 4.69. The Morgan fingerprint density at radius 3 is 2.85 bits per heavy atom. The molecule has 0 bridgehead atoms. The molecule has 2 aromatic heterocycles. The molecule has 0 radical (unpaired) electrons. The zero-order valence-electron chi connectivity index (χ0n) is 11.2. The maximum Gasteiger partial charge on any atom is 0.266 e. The second kappa shape index (κ2) is 5.92. The molecule has 2 rings (SSSR count). The maximum absolute atomic E-state index is 12.0. The molecule has 0 aliphatic carbocycles. The van der Waals surface area contributed by atoms with Crippen LogP contribution in [0.4, 0.5) is 0 Å². The molecule has 3 N–H and O–H groups in total. The molecule has 1 amide bonds. The quantitative estimate of drug-likeness (QED) is 0.796. The predicted molar refractivity (Wildman–Crippen MR) is 76.0 cm³/mol. The van der Waals surface area contributed by atoms with Gasteiger partial charge in [0.15, 0.2) is 0 Å². The highest BCUT2D eigenvalue weighted by Gasteiger charge is 2.12. The fourth-order valence-electron chi connectivity index (χ4n) is 1.84. The zero-order valence-corrected chi connectivity index (χ0v) is 11.9. The molecule has 6 nitrogen and oxygen atoms in total. The standard InChI is InChI=1S/C13H15ClN4O2/c1-7(3-10-4-8(2)17-18-10)16-12(19)9-5-11(14)13(20)15-6-9/h4-7H,3H2,1-2H3,(H,15,20)(H,16,19)(H,17,18). The SMILES string of the molecule is Cc1cc(CC(C)NC(=O)c2c[nH]c(=O)c(Cl)c2)n[nH]1. The molecule has 20 heavy (non-hydrogen) atoms. The second-order valence-corrected chi connectivity index (χ2v) is 5.09. The van der Waals surface area contributed by atoms with E-state index in [0.29, 0.717) is 12.0 Å². The summed E-state index contributed by atoms with van der Waals surface area (Å²) in [5.74, 6) is -0.289. The number of carbonyl (C=O) groups is 1. The Morgan fingerprint density at radius 2 is 2.25 bits per heavy atom. The molecule has 0 aliphatic heterocycles. The molecule has 1 atom stereocenters. The van der Waals surface area contributed by atoms with Crippen LogP contribution in [-0.4, -0.2) is 27.1 Å². The van der Waals surface area contributed by atoms with Crippen LogP contribution in [0.2, 0.25) is 5.02 Å². The summed E-state index contributed by atoms with van der Waals surface area (Å²) in [7, 11) is 0. The number of rotatable bonds is 4. The van der Waals surface area contributed by atoms with Gasteiger partial charge in [-0.3, -0.25) is 14.7 Å². The summed E-state index contributed by atoms with van der Waals surface area (Å²) in [5, 5.41) is 9.79. The number of halogens is 1. The van der Waals surface area contributed by atoms with Crippen LogP contribution in [0.25, 0.3) is 0 Å². The number of hydrogen-bond acceptors (Lipinski definition) is 3. The third-order valence-corrected chi connectivity index (χ3v) is 3.05. The van der Waals surface area contributed by atoms with E-state index in [1.54, 1.807) is 0 Å². The number of pyridine rings is 1. The molecular weight excluding hydrogens is 280 g/mol. The summed E-state index contributed by atoms with van der Waals surface area (Å²) in [5.41, 5.74) is 1.77. The molecule has 2 aromatic rings. The van der Waals surface area contributed by atoms with Gasteiger partial charge in [-0.05, 0) is 26.0 Å². The fourth-order valence-corrected chi connectivity index (χ4v) is 2.01. The molecule has 0 saturated carbocycles. The van der Waals surface area contributed by atoms with Crippen molar-refractivity contribution < 1.29 is 4.79 Å². The summed E-state index contributed by atoms with van der Waals surface area (Å²) < 4.78 is 0. The van der Waals surface area contributed by atoms with Gasteiger partial charge in [0.2, 0.25) is 0 Å². The lowest BCUT2D eigenvalue weighted by molar-refractivity contribution is 0.0939. The Bertz CT molecular complexity index is 677. The molecule has 106 valence electrons. The van der Waals surface area contributed by atoms with Gasteiger partial charge in [-0.2, -0.15) is 5.10 Å². The first-order valence-electron chi connectivity index (χ1n) is 6.15. The van der Waals surface area contributed by atoms with Crippen molar-refractivity contribution in [3.8, 4) is 0 Å². The number of aryl methyl sites for hydroxylation is 1. The lowest BCUT2D eigenvalue weighted by atomic mass is 10.1. The minimum absolute atomic E-state index is 0.00627. The maximum atomic E-state index is 12.0. The number of hydrogen-bond donors (Lipinski definition) is 3. The average Bonchev–Trinajstić information content (AvgIpc) is 2.77. The number of H-pyrrole nitrogens is 2. The summed E-state index contributed by atoms with van der Waals surface area (Å²) >= 11 is 5.69. The van der Waals surface area contributed by atoms with Crippen LogP contribution in [0.1, 0.15) is 28.7 Å². The molecule has 1 unspecified atom stereocenters. The third-order valence-electron chi connectivity index (χ3n) is 2.77. The highest BCUT2D eigenvalue weighted by Crippen LogP contribution is 2.06. The fraction of sp³-hybridized carbons (Fsp3) is 0.308. The van der Waals surface area contributed by atoms with Gasteiger partial charge in [-0.25, -0.2) is 0 Å². The van der Waals surface area contributed by atoms with Gasteiger partial charge >= 0.3 is 0 Å². The van der Waals surface area contributed by atoms with Gasteiger partial charge in [0.05, 0.1) is 11.3 Å².